The molecule has 2 N–H and O–H groups in total. The van der Waals surface area contributed by atoms with Crippen molar-refractivity contribution in [1.82, 2.24) is 10.1 Å². The Hall–Kier alpha value is -0.940. The molecule has 2 atom stereocenters. The van der Waals surface area contributed by atoms with E-state index in [1.807, 2.05) is 0 Å². The fourth-order valence-electron chi connectivity index (χ4n) is 4.03. The first-order valence-corrected chi connectivity index (χ1v) is 8.38. The smallest absolute Gasteiger partial charge is 0.230 e. The molecule has 3 rings (SSSR count). The quantitative estimate of drug-likeness (QED) is 0.923. The zero-order chi connectivity index (χ0) is 14.7. The Morgan fingerprint density at radius 3 is 2.67 bits per heavy atom. The van der Waals surface area contributed by atoms with Gasteiger partial charge in [-0.25, -0.2) is 0 Å². The summed E-state index contributed by atoms with van der Waals surface area (Å²) in [4.78, 5) is 4.74. The van der Waals surface area contributed by atoms with Crippen molar-refractivity contribution in [3.63, 3.8) is 0 Å². The van der Waals surface area contributed by atoms with Crippen LogP contribution in [0.25, 0.3) is 0 Å². The molecule has 2 unspecified atom stereocenters. The van der Waals surface area contributed by atoms with Gasteiger partial charge in [0.1, 0.15) is 5.60 Å². The van der Waals surface area contributed by atoms with Crippen molar-refractivity contribution in [2.24, 2.45) is 11.7 Å². The minimum Gasteiger partial charge on any atom is -0.370 e. The predicted molar refractivity (Wildman–Crippen MR) is 79.8 cm³/mol. The SMILES string of the molecule is COC1(c2noc(C3CCCCC3CN)n2)CCCCC1. The largest absolute Gasteiger partial charge is 0.370 e. The Bertz CT molecular complexity index is 454. The van der Waals surface area contributed by atoms with E-state index in [1.54, 1.807) is 7.11 Å². The van der Waals surface area contributed by atoms with Gasteiger partial charge in [0.15, 0.2) is 0 Å². The zero-order valence-corrected chi connectivity index (χ0v) is 13.0. The molecule has 1 aromatic rings. The fourth-order valence-corrected chi connectivity index (χ4v) is 4.03. The molecule has 0 radical (unpaired) electrons. The molecule has 21 heavy (non-hydrogen) atoms. The molecular weight excluding hydrogens is 266 g/mol. The molecule has 2 saturated carbocycles. The molecule has 1 heterocycles. The van der Waals surface area contributed by atoms with E-state index in [0.29, 0.717) is 18.4 Å². The van der Waals surface area contributed by atoms with Crippen LogP contribution in [0.5, 0.6) is 0 Å². The number of hydrogen-bond donors (Lipinski definition) is 1. The molecule has 1 aromatic heterocycles. The summed E-state index contributed by atoms with van der Waals surface area (Å²) in [6, 6.07) is 0. The Morgan fingerprint density at radius 1 is 1.19 bits per heavy atom. The third-order valence-electron chi connectivity index (χ3n) is 5.43. The normalized spacial score (nSPS) is 29.4. The van der Waals surface area contributed by atoms with Gasteiger partial charge in [0.25, 0.3) is 0 Å². The fraction of sp³-hybridized carbons (Fsp3) is 0.875. The Morgan fingerprint density at radius 2 is 1.95 bits per heavy atom. The van der Waals surface area contributed by atoms with E-state index in [0.717, 1.165) is 31.0 Å². The van der Waals surface area contributed by atoms with Gasteiger partial charge in [0.05, 0.1) is 0 Å². The van der Waals surface area contributed by atoms with Crippen LogP contribution >= 0.6 is 0 Å². The minimum atomic E-state index is -0.327. The van der Waals surface area contributed by atoms with E-state index in [-0.39, 0.29) is 5.60 Å². The van der Waals surface area contributed by atoms with E-state index in [4.69, 9.17) is 20.0 Å². The standard InChI is InChI=1S/C16H27N3O2/c1-20-16(9-5-2-6-10-16)15-18-14(21-19-15)13-8-4-3-7-12(13)11-17/h12-13H,2-11,17H2,1H3. The lowest BCUT2D eigenvalue weighted by Gasteiger charge is -2.32. The van der Waals surface area contributed by atoms with Gasteiger partial charge in [0.2, 0.25) is 11.7 Å². The molecule has 0 bridgehead atoms. The molecule has 2 aliphatic rings. The van der Waals surface area contributed by atoms with Crippen molar-refractivity contribution >= 4 is 0 Å². The third-order valence-corrected chi connectivity index (χ3v) is 5.43. The van der Waals surface area contributed by atoms with Crippen molar-refractivity contribution in [3.05, 3.63) is 11.7 Å². The van der Waals surface area contributed by atoms with Gasteiger partial charge in [-0.2, -0.15) is 4.98 Å². The van der Waals surface area contributed by atoms with Crippen molar-refractivity contribution in [1.29, 1.82) is 0 Å². The highest BCUT2D eigenvalue weighted by molar-refractivity contribution is 5.06. The van der Waals surface area contributed by atoms with Gasteiger partial charge in [0, 0.05) is 13.0 Å². The second-order valence-corrected chi connectivity index (χ2v) is 6.60. The van der Waals surface area contributed by atoms with Crippen molar-refractivity contribution in [2.75, 3.05) is 13.7 Å². The van der Waals surface area contributed by atoms with E-state index < -0.39 is 0 Å². The molecule has 118 valence electrons. The number of aromatic nitrogens is 2. The van der Waals surface area contributed by atoms with E-state index >= 15 is 0 Å². The Kier molecular flexibility index (Phi) is 4.60. The third kappa shape index (κ3) is 2.86. The van der Waals surface area contributed by atoms with Gasteiger partial charge in [-0.05, 0) is 38.1 Å². The topological polar surface area (TPSA) is 74.2 Å². The second-order valence-electron chi connectivity index (χ2n) is 6.60. The average molecular weight is 293 g/mol. The molecule has 0 amide bonds. The van der Waals surface area contributed by atoms with Crippen LogP contribution in [0, 0.1) is 5.92 Å². The number of ether oxygens (including phenoxy) is 1. The number of rotatable bonds is 4. The van der Waals surface area contributed by atoms with Crippen LogP contribution in [0.2, 0.25) is 0 Å². The van der Waals surface area contributed by atoms with E-state index in [1.165, 1.54) is 38.5 Å². The lowest BCUT2D eigenvalue weighted by Crippen LogP contribution is -2.32. The molecule has 5 heteroatoms. The number of methoxy groups -OCH3 is 1. The molecule has 0 saturated heterocycles. The highest BCUT2D eigenvalue weighted by Gasteiger charge is 2.40. The van der Waals surface area contributed by atoms with E-state index in [2.05, 4.69) is 5.16 Å². The molecule has 0 spiro atoms. The maximum absolute atomic E-state index is 5.92. The summed E-state index contributed by atoms with van der Waals surface area (Å²) in [5, 5.41) is 4.27. The van der Waals surface area contributed by atoms with Gasteiger partial charge in [-0.15, -0.1) is 0 Å². The van der Waals surface area contributed by atoms with Crippen LogP contribution in [-0.2, 0) is 10.3 Å². The summed E-state index contributed by atoms with van der Waals surface area (Å²) >= 11 is 0. The van der Waals surface area contributed by atoms with Crippen molar-refractivity contribution < 1.29 is 9.26 Å². The average Bonchev–Trinajstić information content (AvgIpc) is 3.06. The van der Waals surface area contributed by atoms with Crippen LogP contribution in [-0.4, -0.2) is 23.8 Å². The first-order chi connectivity index (χ1) is 10.3. The lowest BCUT2D eigenvalue weighted by atomic mass is 9.79. The number of nitrogens with zero attached hydrogens (tertiary/aromatic N) is 2. The maximum atomic E-state index is 5.92. The van der Waals surface area contributed by atoms with Crippen LogP contribution in [0.15, 0.2) is 4.52 Å². The molecule has 5 nitrogen and oxygen atoms in total. The second kappa shape index (κ2) is 6.44. The van der Waals surface area contributed by atoms with Gasteiger partial charge in [-0.3, -0.25) is 0 Å². The van der Waals surface area contributed by atoms with E-state index in [9.17, 15) is 0 Å². The van der Waals surface area contributed by atoms with Gasteiger partial charge < -0.3 is 15.0 Å². The lowest BCUT2D eigenvalue weighted by molar-refractivity contribution is -0.0527. The first-order valence-electron chi connectivity index (χ1n) is 8.38. The summed E-state index contributed by atoms with van der Waals surface area (Å²) in [6.45, 7) is 0.706. The summed E-state index contributed by atoms with van der Waals surface area (Å²) in [5.41, 5.74) is 5.59. The highest BCUT2D eigenvalue weighted by atomic mass is 16.5. The molecule has 2 aliphatic carbocycles. The van der Waals surface area contributed by atoms with Crippen LogP contribution in [0.3, 0.4) is 0 Å². The van der Waals surface area contributed by atoms with Crippen LogP contribution in [0.4, 0.5) is 0 Å². The Labute approximate surface area is 126 Å². The summed E-state index contributed by atoms with van der Waals surface area (Å²) < 4.78 is 11.4. The molecular formula is C16H27N3O2. The van der Waals surface area contributed by atoms with Crippen LogP contribution < -0.4 is 5.73 Å². The molecule has 0 aliphatic heterocycles. The molecule has 0 aromatic carbocycles. The predicted octanol–water partition coefficient (Wildman–Crippen LogP) is 3.11. The first kappa shape index (κ1) is 15.0. The van der Waals surface area contributed by atoms with Crippen molar-refractivity contribution in [2.45, 2.75) is 69.3 Å². The highest BCUT2D eigenvalue weighted by Crippen LogP contribution is 2.41. The Balaban J connectivity index is 1.81. The number of hydrogen-bond acceptors (Lipinski definition) is 5. The van der Waals surface area contributed by atoms with Crippen LogP contribution in [0.1, 0.15) is 75.4 Å². The summed E-state index contributed by atoms with van der Waals surface area (Å²) in [6.07, 6.45) is 10.4. The molecule has 2 fully saturated rings. The summed E-state index contributed by atoms with van der Waals surface area (Å²) in [5.74, 6) is 2.35. The van der Waals surface area contributed by atoms with Gasteiger partial charge >= 0.3 is 0 Å². The minimum absolute atomic E-state index is 0.327. The summed E-state index contributed by atoms with van der Waals surface area (Å²) in [7, 11) is 1.77. The van der Waals surface area contributed by atoms with Crippen molar-refractivity contribution in [3.8, 4) is 0 Å². The maximum Gasteiger partial charge on any atom is 0.230 e. The number of nitrogens with two attached hydrogens (primary N) is 1. The van der Waals surface area contributed by atoms with Gasteiger partial charge in [-0.1, -0.05) is 37.3 Å². The zero-order valence-electron chi connectivity index (χ0n) is 13.0. The monoisotopic (exact) mass is 293 g/mol.